The quantitative estimate of drug-likeness (QED) is 0.148. The second-order valence-corrected chi connectivity index (χ2v) is 16.4. The van der Waals surface area contributed by atoms with Crippen molar-refractivity contribution in [3.63, 3.8) is 0 Å². The lowest BCUT2D eigenvalue weighted by Crippen LogP contribution is -2.62. The highest BCUT2D eigenvalue weighted by Crippen LogP contribution is 2.50. The summed E-state index contributed by atoms with van der Waals surface area (Å²) in [6.45, 7) is -0.0788. The molecule has 10 aromatic rings. The molecule has 0 spiro atoms. The third-order valence-electron chi connectivity index (χ3n) is 12.9. The van der Waals surface area contributed by atoms with Crippen LogP contribution in [0.25, 0.3) is 55.6 Å². The van der Waals surface area contributed by atoms with Crippen LogP contribution in [0.5, 0.6) is 0 Å². The van der Waals surface area contributed by atoms with Crippen molar-refractivity contribution < 1.29 is 0 Å². The maximum absolute atomic E-state index is 2.56. The zero-order chi connectivity index (χ0) is 41.7. The van der Waals surface area contributed by atoms with Gasteiger partial charge in [0.1, 0.15) is 0 Å². The molecule has 2 aliphatic heterocycles. The van der Waals surface area contributed by atoms with E-state index in [2.05, 4.69) is 259 Å². The Hall–Kier alpha value is -8.14. The SMILES string of the molecule is c1ccc(-c2ccc(N3c4cc(-c5ccccc5)cc5c4B(c4cccc(-c6ccccc6)c43)c3c(-c4ccccc4)cccc3N5c3ccccc3-c3ccccc3)cc2)cc1. The summed E-state index contributed by atoms with van der Waals surface area (Å²) in [7, 11) is 0. The van der Waals surface area contributed by atoms with E-state index in [-0.39, 0.29) is 6.71 Å². The van der Waals surface area contributed by atoms with Crippen molar-refractivity contribution in [1.82, 2.24) is 0 Å². The monoisotopic (exact) mass is 800 g/mol. The van der Waals surface area contributed by atoms with E-state index in [1.807, 2.05) is 0 Å². The first-order valence-electron chi connectivity index (χ1n) is 21.8. The van der Waals surface area contributed by atoms with Crippen LogP contribution < -0.4 is 26.2 Å². The highest BCUT2D eigenvalue weighted by molar-refractivity contribution is 7.01. The molecule has 0 unspecified atom stereocenters. The van der Waals surface area contributed by atoms with E-state index in [1.54, 1.807) is 0 Å². The first kappa shape index (κ1) is 36.7. The second kappa shape index (κ2) is 15.4. The van der Waals surface area contributed by atoms with E-state index in [1.165, 1.54) is 94.8 Å². The fourth-order valence-corrected chi connectivity index (χ4v) is 10.1. The summed E-state index contributed by atoms with van der Waals surface area (Å²) < 4.78 is 0. The zero-order valence-corrected chi connectivity index (χ0v) is 34.6. The van der Waals surface area contributed by atoms with Gasteiger partial charge in [0, 0.05) is 39.6 Å². The summed E-state index contributed by atoms with van der Waals surface area (Å²) in [6.07, 6.45) is 0. The highest BCUT2D eigenvalue weighted by Gasteiger charge is 2.45. The van der Waals surface area contributed by atoms with Crippen LogP contribution in [0.1, 0.15) is 0 Å². The van der Waals surface area contributed by atoms with Gasteiger partial charge in [-0.2, -0.15) is 0 Å². The number of hydrogen-bond donors (Lipinski definition) is 0. The minimum atomic E-state index is -0.0788. The normalized spacial score (nSPS) is 12.3. The fraction of sp³-hybridized carbons (Fsp3) is 0. The van der Waals surface area contributed by atoms with Crippen molar-refractivity contribution in [2.24, 2.45) is 0 Å². The van der Waals surface area contributed by atoms with Gasteiger partial charge in [-0.3, -0.25) is 0 Å². The summed E-state index contributed by atoms with van der Waals surface area (Å²) in [4.78, 5) is 5.13. The molecule has 2 heterocycles. The van der Waals surface area contributed by atoms with E-state index in [9.17, 15) is 0 Å². The van der Waals surface area contributed by atoms with Gasteiger partial charge < -0.3 is 9.80 Å². The van der Waals surface area contributed by atoms with Gasteiger partial charge in [0.15, 0.2) is 0 Å². The van der Waals surface area contributed by atoms with Crippen LogP contribution in [-0.2, 0) is 0 Å². The van der Waals surface area contributed by atoms with Gasteiger partial charge in [0.2, 0.25) is 0 Å². The van der Waals surface area contributed by atoms with Crippen molar-refractivity contribution in [2.75, 3.05) is 9.80 Å². The molecule has 294 valence electrons. The average Bonchev–Trinajstić information content (AvgIpc) is 3.37. The van der Waals surface area contributed by atoms with Crippen LogP contribution in [0, 0.1) is 0 Å². The number of para-hydroxylation sites is 2. The van der Waals surface area contributed by atoms with Gasteiger partial charge in [-0.05, 0) is 97.3 Å². The average molecular weight is 801 g/mol. The van der Waals surface area contributed by atoms with Crippen LogP contribution in [0.4, 0.5) is 34.1 Å². The molecular weight excluding hydrogens is 759 g/mol. The molecule has 0 aliphatic carbocycles. The van der Waals surface area contributed by atoms with Crippen molar-refractivity contribution in [1.29, 1.82) is 0 Å². The first-order valence-corrected chi connectivity index (χ1v) is 21.8. The van der Waals surface area contributed by atoms with Gasteiger partial charge >= 0.3 is 0 Å². The van der Waals surface area contributed by atoms with Gasteiger partial charge in [-0.15, -0.1) is 0 Å². The predicted molar refractivity (Wildman–Crippen MR) is 268 cm³/mol. The van der Waals surface area contributed by atoms with Gasteiger partial charge in [-0.25, -0.2) is 0 Å². The van der Waals surface area contributed by atoms with Gasteiger partial charge in [0.25, 0.3) is 6.71 Å². The Morgan fingerprint density at radius 2 is 0.683 bits per heavy atom. The van der Waals surface area contributed by atoms with Crippen molar-refractivity contribution >= 4 is 57.2 Å². The van der Waals surface area contributed by atoms with E-state index < -0.39 is 0 Å². The van der Waals surface area contributed by atoms with Gasteiger partial charge in [-0.1, -0.05) is 212 Å². The summed E-state index contributed by atoms with van der Waals surface area (Å²) in [5.41, 5.74) is 22.8. The summed E-state index contributed by atoms with van der Waals surface area (Å²) in [5.74, 6) is 0. The van der Waals surface area contributed by atoms with Crippen LogP contribution in [0.2, 0.25) is 0 Å². The van der Waals surface area contributed by atoms with E-state index >= 15 is 0 Å². The molecule has 0 bridgehead atoms. The summed E-state index contributed by atoms with van der Waals surface area (Å²) in [6, 6.07) is 91.1. The van der Waals surface area contributed by atoms with Gasteiger partial charge in [0.05, 0.1) is 5.69 Å². The molecule has 0 N–H and O–H groups in total. The maximum Gasteiger partial charge on any atom is 0.252 e. The molecule has 0 saturated carbocycles. The Labute approximate surface area is 369 Å². The minimum Gasteiger partial charge on any atom is -0.311 e. The third-order valence-corrected chi connectivity index (χ3v) is 12.9. The summed E-state index contributed by atoms with van der Waals surface area (Å²) >= 11 is 0. The Kier molecular flexibility index (Phi) is 8.97. The number of benzene rings is 10. The smallest absolute Gasteiger partial charge is 0.252 e. The Balaban J connectivity index is 1.22. The lowest BCUT2D eigenvalue weighted by molar-refractivity contribution is 1.25. The predicted octanol–water partition coefficient (Wildman–Crippen LogP) is 14.1. The van der Waals surface area contributed by atoms with E-state index in [0.29, 0.717) is 0 Å². The molecule has 0 aromatic heterocycles. The van der Waals surface area contributed by atoms with Crippen molar-refractivity contribution in [3.05, 3.63) is 249 Å². The lowest BCUT2D eigenvalue weighted by atomic mass is 9.32. The van der Waals surface area contributed by atoms with Crippen LogP contribution >= 0.6 is 0 Å². The molecule has 3 heteroatoms. The van der Waals surface area contributed by atoms with Crippen molar-refractivity contribution in [2.45, 2.75) is 0 Å². The highest BCUT2D eigenvalue weighted by atomic mass is 15.2. The Morgan fingerprint density at radius 3 is 1.30 bits per heavy atom. The zero-order valence-electron chi connectivity index (χ0n) is 34.6. The minimum absolute atomic E-state index is 0.0788. The number of hydrogen-bond acceptors (Lipinski definition) is 2. The molecule has 0 atom stereocenters. The maximum atomic E-state index is 2.56. The number of nitrogens with zero attached hydrogens (tertiary/aromatic N) is 2. The first-order chi connectivity index (χ1) is 31.3. The fourth-order valence-electron chi connectivity index (χ4n) is 10.1. The molecule has 2 aliphatic rings. The molecule has 12 rings (SSSR count). The van der Waals surface area contributed by atoms with Crippen LogP contribution in [0.3, 0.4) is 0 Å². The Morgan fingerprint density at radius 1 is 0.254 bits per heavy atom. The van der Waals surface area contributed by atoms with Crippen LogP contribution in [0.15, 0.2) is 249 Å². The van der Waals surface area contributed by atoms with E-state index in [4.69, 9.17) is 0 Å². The molecule has 2 nitrogen and oxygen atoms in total. The molecule has 0 radical (unpaired) electrons. The van der Waals surface area contributed by atoms with E-state index in [0.717, 1.165) is 11.4 Å². The molecule has 10 aromatic carbocycles. The van der Waals surface area contributed by atoms with Crippen molar-refractivity contribution in [3.8, 4) is 55.6 Å². The van der Waals surface area contributed by atoms with Crippen LogP contribution in [-0.4, -0.2) is 6.71 Å². The standard InChI is InChI=1S/C60H41BN2/c1-6-20-42(21-7-1)44-36-38-49(39-37-44)62-56-40-48(43-22-8-2-9-23-43)41-57-59(56)61(53-33-18-32-52(60(53)62)47-28-14-5-15-29-47)58-51(46-26-12-4-13-27-46)31-19-35-55(58)63(57)54-34-17-16-30-50(54)45-24-10-3-11-25-45/h1-41H. The molecular formula is C60H41BN2. The number of rotatable bonds is 7. The molecule has 0 fully saturated rings. The topological polar surface area (TPSA) is 6.48 Å². The second-order valence-electron chi connectivity index (χ2n) is 16.4. The third kappa shape index (κ3) is 6.20. The molecule has 63 heavy (non-hydrogen) atoms. The molecule has 0 saturated heterocycles. The lowest BCUT2D eigenvalue weighted by Gasteiger charge is -2.46. The number of anilines is 6. The number of fused-ring (bicyclic) bond motifs is 4. The largest absolute Gasteiger partial charge is 0.311 e. The Bertz CT molecular complexity index is 3260. The molecule has 0 amide bonds. The summed E-state index contributed by atoms with van der Waals surface area (Å²) in [5, 5.41) is 0.